The summed E-state index contributed by atoms with van der Waals surface area (Å²) >= 11 is 0. The molecule has 0 heterocycles. The van der Waals surface area contributed by atoms with E-state index in [1.54, 1.807) is 0 Å². The minimum absolute atomic E-state index is 0. The molecule has 0 bridgehead atoms. The largest absolute Gasteiger partial charge is 0.0597 e. The molecule has 0 fully saturated rings. The van der Waals surface area contributed by atoms with Crippen LogP contribution in [0.1, 0.15) is 0 Å². The zero-order chi connectivity index (χ0) is 4.83. The normalized spacial score (nSPS) is 4.50. The van der Waals surface area contributed by atoms with Gasteiger partial charge < -0.3 is 0 Å². The van der Waals surface area contributed by atoms with Crippen molar-refractivity contribution < 1.29 is 77.3 Å². The molecule has 0 amide bonds. The summed E-state index contributed by atoms with van der Waals surface area (Å²) in [6.07, 6.45) is 0. The van der Waals surface area contributed by atoms with Crippen molar-refractivity contribution in [3.63, 3.8) is 0 Å². The minimum Gasteiger partial charge on any atom is 0 e. The van der Waals surface area contributed by atoms with Gasteiger partial charge in [0.15, 0.2) is 0 Å². The Labute approximate surface area is 119 Å². The van der Waals surface area contributed by atoms with Gasteiger partial charge in [0.05, 0.1) is 15.5 Å². The number of hydrogen-bond donors (Lipinski definition) is 0. The van der Waals surface area contributed by atoms with Crippen LogP contribution in [-0.4, -0.2) is 43.7 Å². The van der Waals surface area contributed by atoms with Crippen LogP contribution < -0.4 is 0 Å². The first-order valence-corrected chi connectivity index (χ1v) is 2.91. The fourth-order valence-corrected chi connectivity index (χ4v) is 0.500. The van der Waals surface area contributed by atoms with Crippen molar-refractivity contribution in [2.24, 2.45) is 0 Å². The van der Waals surface area contributed by atoms with Gasteiger partial charge in [0.2, 0.25) is 0 Å². The number of rotatable bonds is 3. The maximum absolute atomic E-state index is 2.23. The Morgan fingerprint density at radius 2 is 1.12 bits per heavy atom. The summed E-state index contributed by atoms with van der Waals surface area (Å²) in [6.45, 7) is 0. The van der Waals surface area contributed by atoms with E-state index in [0.717, 1.165) is 0 Å². The third kappa shape index (κ3) is 16.0. The van der Waals surface area contributed by atoms with E-state index in [-0.39, 0.29) is 77.3 Å². The van der Waals surface area contributed by atoms with Gasteiger partial charge in [-0.25, -0.2) is 0 Å². The molecule has 0 atom stereocenters. The molecule has 0 rings (SSSR count). The van der Waals surface area contributed by atoms with Crippen LogP contribution in [0, 0.1) is 77.3 Å². The summed E-state index contributed by atoms with van der Waals surface area (Å²) in [5.41, 5.74) is 0. The van der Waals surface area contributed by atoms with E-state index < -0.39 is 0 Å². The molecular formula is H8B6CeLa. The molecule has 8 heteroatoms. The van der Waals surface area contributed by atoms with Gasteiger partial charge in [-0.15, -0.1) is 0 Å². The second kappa shape index (κ2) is 16.5. The molecule has 0 unspecified atom stereocenters. The molecule has 0 aromatic carbocycles. The molecule has 1 radical (unpaired) electrons. The molecule has 0 aromatic heterocycles. The van der Waals surface area contributed by atoms with E-state index >= 15 is 0 Å². The van der Waals surface area contributed by atoms with Crippen LogP contribution in [0.5, 0.6) is 0 Å². The molecule has 0 saturated heterocycles. The first-order chi connectivity index (χ1) is 2.91. The summed E-state index contributed by atoms with van der Waals surface area (Å²) in [5, 5.41) is 0. The smallest absolute Gasteiger partial charge is 0 e. The van der Waals surface area contributed by atoms with Crippen molar-refractivity contribution in [2.75, 3.05) is 0 Å². The maximum atomic E-state index is 2.23. The predicted molar refractivity (Wildman–Crippen MR) is 45.7 cm³/mol. The second-order valence-corrected chi connectivity index (χ2v) is 1.71. The van der Waals surface area contributed by atoms with Crippen molar-refractivity contribution >= 4 is 43.7 Å². The average Bonchev–Trinajstić information content (AvgIpc) is 1.61. The first-order valence-electron chi connectivity index (χ1n) is 2.91. The van der Waals surface area contributed by atoms with Gasteiger partial charge in [-0.1, -0.05) is 0 Å². The molecule has 0 saturated carbocycles. The third-order valence-corrected chi connectivity index (χ3v) is 0.957. The Balaban J connectivity index is -0.000000125. The topological polar surface area (TPSA) is 0 Å². The molecule has 8 heavy (non-hydrogen) atoms. The molecular weight excluding hydrogens is 344 g/mol. The van der Waals surface area contributed by atoms with Gasteiger partial charge in [0.25, 0.3) is 0 Å². The predicted octanol–water partition coefficient (Wildman–Crippen LogP) is -4.43. The molecule has 0 spiro atoms. The number of hydrogen-bond acceptors (Lipinski definition) is 0. The zero-order valence-electron chi connectivity index (χ0n) is 5.91. The zero-order valence-corrected chi connectivity index (χ0v) is 12.7. The SMILES string of the molecule is BBBBBB.[Ce].[La]. The summed E-state index contributed by atoms with van der Waals surface area (Å²) < 4.78 is 0. The summed E-state index contributed by atoms with van der Waals surface area (Å²) in [6, 6.07) is 0. The molecule has 33 valence electrons. The van der Waals surface area contributed by atoms with Crippen molar-refractivity contribution in [3.8, 4) is 0 Å². The Morgan fingerprint density at radius 1 is 0.875 bits per heavy atom. The van der Waals surface area contributed by atoms with Gasteiger partial charge in [0, 0.05) is 106 Å². The Bertz CT molecular complexity index is 20.5. The van der Waals surface area contributed by atoms with E-state index in [0.29, 0.717) is 0 Å². The monoisotopic (exact) mass is 353 g/mol. The van der Waals surface area contributed by atoms with Gasteiger partial charge in [0.1, 0.15) is 0 Å². The Kier molecular flexibility index (Phi) is 35.4. The fourth-order valence-electron chi connectivity index (χ4n) is 0.500. The van der Waals surface area contributed by atoms with Gasteiger partial charge in [-0.3, -0.25) is 0 Å². The summed E-state index contributed by atoms with van der Waals surface area (Å²) in [7, 11) is 10.0. The van der Waals surface area contributed by atoms with Crippen molar-refractivity contribution in [2.45, 2.75) is 0 Å². The van der Waals surface area contributed by atoms with Gasteiger partial charge in [-0.05, 0) is 0 Å². The average molecular weight is 352 g/mol. The Hall–Kier alpha value is 2.96. The van der Waals surface area contributed by atoms with Crippen LogP contribution in [0.25, 0.3) is 0 Å². The van der Waals surface area contributed by atoms with E-state index in [1.807, 2.05) is 0 Å². The van der Waals surface area contributed by atoms with Gasteiger partial charge >= 0.3 is 0 Å². The third-order valence-electron chi connectivity index (χ3n) is 0.957. The van der Waals surface area contributed by atoms with E-state index in [2.05, 4.69) is 15.5 Å². The van der Waals surface area contributed by atoms with Crippen molar-refractivity contribution in [1.29, 1.82) is 0 Å². The molecule has 0 nitrogen and oxygen atoms in total. The molecule has 0 aliphatic rings. The van der Waals surface area contributed by atoms with Crippen LogP contribution in [0.2, 0.25) is 0 Å². The summed E-state index contributed by atoms with van der Waals surface area (Å²) in [5.74, 6) is 0. The second-order valence-electron chi connectivity index (χ2n) is 1.71. The van der Waals surface area contributed by atoms with Gasteiger partial charge in [-0.2, -0.15) is 0 Å². The van der Waals surface area contributed by atoms with Crippen LogP contribution in [-0.2, 0) is 0 Å². The summed E-state index contributed by atoms with van der Waals surface area (Å²) in [4.78, 5) is 0. The maximum Gasteiger partial charge on any atom is 0.0597 e. The van der Waals surface area contributed by atoms with Crippen LogP contribution in [0.3, 0.4) is 0 Å². The van der Waals surface area contributed by atoms with Crippen molar-refractivity contribution in [3.05, 3.63) is 0 Å². The first kappa shape index (κ1) is 17.2. The minimum atomic E-state index is 0. The quantitative estimate of drug-likeness (QED) is 0.356. The van der Waals surface area contributed by atoms with Crippen LogP contribution in [0.4, 0.5) is 0 Å². The standard InChI is InChI=1S/B6H8.Ce.La/c1-3-5-6-4-2;;/h3-6H,1-2H2;;. The molecule has 0 aliphatic heterocycles. The van der Waals surface area contributed by atoms with E-state index in [9.17, 15) is 0 Å². The molecule has 0 aliphatic carbocycles. The Morgan fingerprint density at radius 3 is 1.25 bits per heavy atom. The molecule has 0 N–H and O–H groups in total. The fraction of sp³-hybridized carbons (Fsp3) is 0. The van der Waals surface area contributed by atoms with E-state index in [4.69, 9.17) is 0 Å². The molecule has 0 aromatic rings. The van der Waals surface area contributed by atoms with Crippen LogP contribution >= 0.6 is 0 Å². The van der Waals surface area contributed by atoms with Crippen molar-refractivity contribution in [1.82, 2.24) is 0 Å². The van der Waals surface area contributed by atoms with Crippen LogP contribution in [0.15, 0.2) is 0 Å². The van der Waals surface area contributed by atoms with E-state index in [1.165, 1.54) is 28.2 Å².